The van der Waals surface area contributed by atoms with Gasteiger partial charge in [0.2, 0.25) is 0 Å². The number of rotatable bonds is 4. The average Bonchev–Trinajstić information content (AvgIpc) is 2.92. The first-order chi connectivity index (χ1) is 12.1. The van der Waals surface area contributed by atoms with Crippen molar-refractivity contribution >= 4 is 21.6 Å². The molecule has 7 nitrogen and oxygen atoms in total. The van der Waals surface area contributed by atoms with Gasteiger partial charge in [0.1, 0.15) is 5.76 Å². The van der Waals surface area contributed by atoms with E-state index in [1.807, 2.05) is 0 Å². The Bertz CT molecular complexity index is 936. The summed E-state index contributed by atoms with van der Waals surface area (Å²) in [5, 5.41) is 0. The van der Waals surface area contributed by atoms with E-state index in [-0.39, 0.29) is 23.8 Å². The molecule has 2 heterocycles. The van der Waals surface area contributed by atoms with Gasteiger partial charge >= 0.3 is 15.5 Å². The molecule has 1 aromatic heterocycles. The topological polar surface area (TPSA) is 92.5 Å². The van der Waals surface area contributed by atoms with Gasteiger partial charge in [0.05, 0.1) is 0 Å². The number of hydrogen-bond acceptors (Lipinski definition) is 5. The summed E-state index contributed by atoms with van der Waals surface area (Å²) in [6.45, 7) is 2.29. The second-order valence-electron chi connectivity index (χ2n) is 5.73. The molecule has 1 aliphatic rings. The molecule has 0 aliphatic carbocycles. The maximum Gasteiger partial charge on any atom is 0.516 e. The normalized spacial score (nSPS) is 15.1. The number of nitrogens with one attached hydrogen (secondary N) is 1. The van der Waals surface area contributed by atoms with E-state index < -0.39 is 15.5 Å². The van der Waals surface area contributed by atoms with Crippen LogP contribution in [0.15, 0.2) is 28.7 Å². The van der Waals surface area contributed by atoms with Gasteiger partial charge in [-0.25, -0.2) is 4.98 Å². The SMILES string of the molecule is Cc1nc2c(o1)CCN(Cc1ccc(NS(=O)(=O)C(F)(F)F)cc1)C2=O. The van der Waals surface area contributed by atoms with Crippen molar-refractivity contribution in [3.63, 3.8) is 0 Å². The van der Waals surface area contributed by atoms with Crippen molar-refractivity contribution in [3.05, 3.63) is 47.2 Å². The molecule has 26 heavy (non-hydrogen) atoms. The van der Waals surface area contributed by atoms with Gasteiger partial charge < -0.3 is 9.32 Å². The van der Waals surface area contributed by atoms with E-state index >= 15 is 0 Å². The number of sulfonamides is 1. The second-order valence-corrected chi connectivity index (χ2v) is 7.40. The van der Waals surface area contributed by atoms with E-state index in [0.717, 1.165) is 0 Å². The first-order valence-electron chi connectivity index (χ1n) is 7.50. The van der Waals surface area contributed by atoms with Crippen LogP contribution in [0, 0.1) is 6.92 Å². The molecule has 0 saturated heterocycles. The Balaban J connectivity index is 1.70. The number of fused-ring (bicyclic) bond motifs is 1. The fourth-order valence-corrected chi connectivity index (χ4v) is 3.12. The quantitative estimate of drug-likeness (QED) is 0.867. The third-order valence-corrected chi connectivity index (χ3v) is 4.90. The summed E-state index contributed by atoms with van der Waals surface area (Å²) in [4.78, 5) is 18.0. The van der Waals surface area contributed by atoms with Crippen molar-refractivity contribution in [1.29, 1.82) is 0 Å². The molecule has 1 N–H and O–H groups in total. The van der Waals surface area contributed by atoms with Crippen LogP contribution >= 0.6 is 0 Å². The van der Waals surface area contributed by atoms with Crippen LogP contribution in [0.1, 0.15) is 27.7 Å². The fraction of sp³-hybridized carbons (Fsp3) is 0.333. The maximum absolute atomic E-state index is 12.4. The minimum absolute atomic E-state index is 0.217. The summed E-state index contributed by atoms with van der Waals surface area (Å²) in [5.41, 5.74) is -4.70. The van der Waals surface area contributed by atoms with E-state index in [2.05, 4.69) is 4.98 Å². The highest BCUT2D eigenvalue weighted by Crippen LogP contribution is 2.26. The van der Waals surface area contributed by atoms with E-state index in [1.165, 1.54) is 29.0 Å². The molecule has 0 atom stereocenters. The fourth-order valence-electron chi connectivity index (χ4n) is 2.56. The van der Waals surface area contributed by atoms with Crippen LogP contribution in [0.5, 0.6) is 0 Å². The number of anilines is 1. The van der Waals surface area contributed by atoms with Crippen molar-refractivity contribution in [2.24, 2.45) is 0 Å². The Morgan fingerprint density at radius 2 is 1.92 bits per heavy atom. The zero-order valence-electron chi connectivity index (χ0n) is 13.5. The Kier molecular flexibility index (Phi) is 4.42. The zero-order valence-corrected chi connectivity index (χ0v) is 14.3. The lowest BCUT2D eigenvalue weighted by Gasteiger charge is -2.25. The lowest BCUT2D eigenvalue weighted by atomic mass is 10.1. The van der Waals surface area contributed by atoms with E-state index in [0.29, 0.717) is 30.2 Å². The van der Waals surface area contributed by atoms with Crippen molar-refractivity contribution < 1.29 is 30.8 Å². The molecule has 1 amide bonds. The third-order valence-electron chi connectivity index (χ3n) is 3.79. The van der Waals surface area contributed by atoms with Crippen molar-refractivity contribution in [2.75, 3.05) is 11.3 Å². The Morgan fingerprint density at radius 3 is 2.54 bits per heavy atom. The molecule has 1 aromatic carbocycles. The maximum atomic E-state index is 12.4. The molecule has 0 unspecified atom stereocenters. The molecule has 0 spiro atoms. The molecule has 3 rings (SSSR count). The predicted octanol–water partition coefficient (Wildman–Crippen LogP) is 2.44. The van der Waals surface area contributed by atoms with Crippen LogP contribution in [-0.2, 0) is 23.0 Å². The van der Waals surface area contributed by atoms with Crippen molar-refractivity contribution in [3.8, 4) is 0 Å². The third kappa shape index (κ3) is 3.52. The number of carbonyl (C=O) groups excluding carboxylic acids is 1. The Labute approximate surface area is 146 Å². The van der Waals surface area contributed by atoms with Gasteiger partial charge in [-0.15, -0.1) is 0 Å². The molecule has 11 heteroatoms. The molecule has 0 fully saturated rings. The Morgan fingerprint density at radius 1 is 1.27 bits per heavy atom. The summed E-state index contributed by atoms with van der Waals surface area (Å²) in [6.07, 6.45) is 0.519. The van der Waals surface area contributed by atoms with Crippen LogP contribution < -0.4 is 4.72 Å². The second kappa shape index (κ2) is 6.31. The lowest BCUT2D eigenvalue weighted by Crippen LogP contribution is -2.36. The first kappa shape index (κ1) is 18.2. The van der Waals surface area contributed by atoms with Crippen LogP contribution in [0.2, 0.25) is 0 Å². The molecule has 0 bridgehead atoms. The van der Waals surface area contributed by atoms with Crippen LogP contribution in [0.25, 0.3) is 0 Å². The molecule has 2 aromatic rings. The number of benzene rings is 1. The van der Waals surface area contributed by atoms with Crippen molar-refractivity contribution in [2.45, 2.75) is 25.4 Å². The number of aryl methyl sites for hydroxylation is 1. The number of amides is 1. The molecule has 0 saturated carbocycles. The standard InChI is InChI=1S/C15H14F3N3O4S/c1-9-19-13-12(25-9)6-7-21(14(13)22)8-10-2-4-11(5-3-10)20-26(23,24)15(16,17)18/h2-5,20H,6-8H2,1H3. The predicted molar refractivity (Wildman–Crippen MR) is 84.7 cm³/mol. The molecular formula is C15H14F3N3O4S. The molecule has 140 valence electrons. The smallest absolute Gasteiger partial charge is 0.445 e. The molecule has 1 aliphatic heterocycles. The number of hydrogen-bond donors (Lipinski definition) is 1. The highest BCUT2D eigenvalue weighted by atomic mass is 32.2. The van der Waals surface area contributed by atoms with Gasteiger partial charge in [0, 0.05) is 32.1 Å². The van der Waals surface area contributed by atoms with Gasteiger partial charge in [-0.1, -0.05) is 12.1 Å². The first-order valence-corrected chi connectivity index (χ1v) is 8.99. The van der Waals surface area contributed by atoms with Gasteiger partial charge in [-0.2, -0.15) is 21.6 Å². The highest BCUT2D eigenvalue weighted by molar-refractivity contribution is 7.93. The monoisotopic (exact) mass is 389 g/mol. The highest BCUT2D eigenvalue weighted by Gasteiger charge is 2.46. The van der Waals surface area contributed by atoms with E-state index in [4.69, 9.17) is 4.42 Å². The average molecular weight is 389 g/mol. The minimum atomic E-state index is -5.46. The Hall–Kier alpha value is -2.56. The summed E-state index contributed by atoms with van der Waals surface area (Å²) >= 11 is 0. The van der Waals surface area contributed by atoms with E-state index in [1.54, 1.807) is 11.8 Å². The number of alkyl halides is 3. The zero-order chi connectivity index (χ0) is 19.1. The number of aromatic nitrogens is 1. The molecular weight excluding hydrogens is 375 g/mol. The van der Waals surface area contributed by atoms with Gasteiger partial charge in [0.25, 0.3) is 5.91 Å². The number of carbonyl (C=O) groups is 1. The largest absolute Gasteiger partial charge is 0.516 e. The van der Waals surface area contributed by atoms with Gasteiger partial charge in [-0.05, 0) is 17.7 Å². The summed E-state index contributed by atoms with van der Waals surface area (Å²) < 4.78 is 66.1. The lowest BCUT2D eigenvalue weighted by molar-refractivity contribution is -0.0429. The van der Waals surface area contributed by atoms with Gasteiger partial charge in [-0.3, -0.25) is 9.52 Å². The van der Waals surface area contributed by atoms with Crippen LogP contribution in [-0.4, -0.2) is 36.3 Å². The molecule has 0 radical (unpaired) electrons. The van der Waals surface area contributed by atoms with E-state index in [9.17, 15) is 26.4 Å². The number of halogens is 3. The van der Waals surface area contributed by atoms with Crippen molar-refractivity contribution in [1.82, 2.24) is 9.88 Å². The summed E-state index contributed by atoms with van der Waals surface area (Å²) in [5.74, 6) is 0.664. The van der Waals surface area contributed by atoms with Gasteiger partial charge in [0.15, 0.2) is 11.6 Å². The summed E-state index contributed by atoms with van der Waals surface area (Å²) in [6, 6.07) is 5.31. The van der Waals surface area contributed by atoms with Crippen LogP contribution in [0.4, 0.5) is 18.9 Å². The number of nitrogens with zero attached hydrogens (tertiary/aromatic N) is 2. The number of oxazole rings is 1. The summed E-state index contributed by atoms with van der Waals surface area (Å²) in [7, 11) is -5.46. The minimum Gasteiger partial charge on any atom is -0.445 e. The van der Waals surface area contributed by atoms with Crippen LogP contribution in [0.3, 0.4) is 0 Å².